The van der Waals surface area contributed by atoms with E-state index < -0.39 is 12.1 Å². The van der Waals surface area contributed by atoms with Crippen LogP contribution in [-0.4, -0.2) is 23.2 Å². The topological polar surface area (TPSA) is 49.7 Å². The first kappa shape index (κ1) is 26.4. The van der Waals surface area contributed by atoms with Gasteiger partial charge >= 0.3 is 5.97 Å². The molecule has 5 aromatic rings. The van der Waals surface area contributed by atoms with Gasteiger partial charge in [-0.25, -0.2) is 4.79 Å². The summed E-state index contributed by atoms with van der Waals surface area (Å²) in [5.41, 5.74) is 5.11. The molecule has 0 aliphatic rings. The zero-order chi connectivity index (χ0) is 27.2. The van der Waals surface area contributed by atoms with Crippen LogP contribution in [0.25, 0.3) is 22.2 Å². The van der Waals surface area contributed by atoms with E-state index in [1.807, 2.05) is 97.1 Å². The molecule has 5 nitrogen and oxygen atoms in total. The molecule has 0 aliphatic carbocycles. The average molecular weight is 540 g/mol. The number of halogens is 1. The zero-order valence-electron chi connectivity index (χ0n) is 22.0. The quantitative estimate of drug-likeness (QED) is 0.169. The summed E-state index contributed by atoms with van der Waals surface area (Å²) in [6.07, 6.45) is -0.845. The zero-order valence-corrected chi connectivity index (χ0v) is 22.7. The first-order valence-corrected chi connectivity index (χ1v) is 13.3. The second kappa shape index (κ2) is 12.1. The molecule has 0 spiro atoms. The van der Waals surface area contributed by atoms with Crippen LogP contribution >= 0.6 is 11.6 Å². The van der Waals surface area contributed by atoms with Crippen molar-refractivity contribution in [3.63, 3.8) is 0 Å². The number of hydrogen-bond acceptors (Lipinski definition) is 4. The minimum absolute atomic E-state index is 0.264. The number of rotatable bonds is 10. The van der Waals surface area contributed by atoms with Gasteiger partial charge in [-0.2, -0.15) is 0 Å². The van der Waals surface area contributed by atoms with Gasteiger partial charge in [-0.1, -0.05) is 72.3 Å². The second-order valence-corrected chi connectivity index (χ2v) is 9.65. The Morgan fingerprint density at radius 1 is 0.872 bits per heavy atom. The third-order valence-electron chi connectivity index (χ3n) is 6.57. The van der Waals surface area contributed by atoms with Crippen LogP contribution in [0.2, 0.25) is 5.02 Å². The Kier molecular flexibility index (Phi) is 8.18. The molecule has 1 heterocycles. The second-order valence-electron chi connectivity index (χ2n) is 9.22. The predicted molar refractivity (Wildman–Crippen MR) is 155 cm³/mol. The summed E-state index contributed by atoms with van der Waals surface area (Å²) >= 11 is 6.21. The fourth-order valence-electron chi connectivity index (χ4n) is 4.73. The minimum atomic E-state index is -0.845. The van der Waals surface area contributed by atoms with E-state index >= 15 is 0 Å². The van der Waals surface area contributed by atoms with Crippen molar-refractivity contribution in [3.8, 4) is 22.8 Å². The fourth-order valence-corrected chi connectivity index (χ4v) is 4.85. The van der Waals surface area contributed by atoms with E-state index in [0.717, 1.165) is 39.0 Å². The molecular weight excluding hydrogens is 510 g/mol. The Hall–Kier alpha value is -4.22. The molecule has 5 rings (SSSR count). The van der Waals surface area contributed by atoms with Gasteiger partial charge in [-0.15, -0.1) is 0 Å². The summed E-state index contributed by atoms with van der Waals surface area (Å²) in [5, 5.41) is 1.69. The lowest BCUT2D eigenvalue weighted by atomic mass is 10.1. The van der Waals surface area contributed by atoms with Crippen molar-refractivity contribution in [2.24, 2.45) is 0 Å². The van der Waals surface area contributed by atoms with Crippen molar-refractivity contribution in [3.05, 3.63) is 119 Å². The van der Waals surface area contributed by atoms with Crippen molar-refractivity contribution >= 4 is 28.5 Å². The molecule has 39 heavy (non-hydrogen) atoms. The Morgan fingerprint density at radius 2 is 1.56 bits per heavy atom. The van der Waals surface area contributed by atoms with Gasteiger partial charge in [0.1, 0.15) is 18.1 Å². The van der Waals surface area contributed by atoms with Crippen molar-refractivity contribution in [2.75, 3.05) is 6.61 Å². The van der Waals surface area contributed by atoms with Gasteiger partial charge in [-0.3, -0.25) is 0 Å². The highest BCUT2D eigenvalue weighted by Crippen LogP contribution is 2.36. The average Bonchev–Trinajstić information content (AvgIpc) is 3.23. The molecule has 0 N–H and O–H groups in total. The monoisotopic (exact) mass is 539 g/mol. The van der Waals surface area contributed by atoms with Crippen LogP contribution < -0.4 is 9.47 Å². The summed E-state index contributed by atoms with van der Waals surface area (Å²) in [5.74, 6) is 0.968. The smallest absolute Gasteiger partial charge is 0.349 e. The molecule has 0 fully saturated rings. The largest absolute Gasteiger partial charge is 0.489 e. The van der Waals surface area contributed by atoms with Gasteiger partial charge < -0.3 is 18.8 Å². The highest BCUT2D eigenvalue weighted by atomic mass is 35.5. The first-order valence-electron chi connectivity index (χ1n) is 13.0. The molecule has 1 aromatic heterocycles. The number of carbonyl (C=O) groups is 1. The van der Waals surface area contributed by atoms with Crippen LogP contribution in [0.5, 0.6) is 11.5 Å². The van der Waals surface area contributed by atoms with Gasteiger partial charge in [0.25, 0.3) is 0 Å². The van der Waals surface area contributed by atoms with Crippen LogP contribution in [0.1, 0.15) is 18.1 Å². The number of aryl methyl sites for hydroxylation is 1. The Bertz CT molecular complexity index is 1550. The van der Waals surface area contributed by atoms with E-state index in [2.05, 4.69) is 17.6 Å². The maximum absolute atomic E-state index is 13.1. The van der Waals surface area contributed by atoms with E-state index in [0.29, 0.717) is 17.4 Å². The third kappa shape index (κ3) is 6.10. The van der Waals surface area contributed by atoms with Crippen LogP contribution in [0, 0.1) is 6.92 Å². The molecule has 0 aliphatic heterocycles. The molecule has 1 unspecified atom stereocenters. The Labute approximate surface area is 233 Å². The molecule has 198 valence electrons. The SMILES string of the molecule is CCOC(=O)C(Cn1c(-c2ccc(Cl)cc2)c(C)c2cc(OCc3ccccc3)ccc21)Oc1ccccc1. The summed E-state index contributed by atoms with van der Waals surface area (Å²) in [7, 11) is 0. The van der Waals surface area contributed by atoms with E-state index in [1.165, 1.54) is 0 Å². The number of aromatic nitrogens is 1. The normalized spacial score (nSPS) is 11.8. The minimum Gasteiger partial charge on any atom is -0.489 e. The van der Waals surface area contributed by atoms with Gasteiger partial charge in [0.05, 0.1) is 18.8 Å². The van der Waals surface area contributed by atoms with Crippen molar-refractivity contribution in [1.82, 2.24) is 4.57 Å². The molecule has 6 heteroatoms. The van der Waals surface area contributed by atoms with Gasteiger partial charge in [0, 0.05) is 15.9 Å². The standard InChI is InChI=1S/C33H30ClNO4/c1-3-37-33(36)31(39-27-12-8-5-9-13-27)21-35-30-19-18-28(38-22-24-10-6-4-7-11-24)20-29(30)23(2)32(35)25-14-16-26(34)17-15-25/h4-20,31H,3,21-22H2,1-2H3. The first-order chi connectivity index (χ1) is 19.0. The number of fused-ring (bicyclic) bond motifs is 1. The van der Waals surface area contributed by atoms with E-state index in [1.54, 1.807) is 6.92 Å². The van der Waals surface area contributed by atoms with E-state index in [-0.39, 0.29) is 13.2 Å². The van der Waals surface area contributed by atoms with Crippen molar-refractivity contribution in [2.45, 2.75) is 33.1 Å². The third-order valence-corrected chi connectivity index (χ3v) is 6.83. The molecule has 0 bridgehead atoms. The Balaban J connectivity index is 1.56. The number of ether oxygens (including phenoxy) is 3. The molecule has 0 amide bonds. The van der Waals surface area contributed by atoms with E-state index in [4.69, 9.17) is 25.8 Å². The number of para-hydroxylation sites is 1. The molecule has 1 atom stereocenters. The van der Waals surface area contributed by atoms with Crippen molar-refractivity contribution in [1.29, 1.82) is 0 Å². The molecule has 4 aromatic carbocycles. The summed E-state index contributed by atoms with van der Waals surface area (Å²) in [6, 6.07) is 33.2. The summed E-state index contributed by atoms with van der Waals surface area (Å²) in [6.45, 7) is 4.89. The fraction of sp³-hybridized carbons (Fsp3) is 0.182. The molecule has 0 saturated carbocycles. The Morgan fingerprint density at radius 3 is 2.26 bits per heavy atom. The summed E-state index contributed by atoms with van der Waals surface area (Å²) < 4.78 is 19.8. The predicted octanol–water partition coefficient (Wildman–Crippen LogP) is 7.86. The number of esters is 1. The lowest BCUT2D eigenvalue weighted by molar-refractivity contribution is -0.152. The van der Waals surface area contributed by atoms with Gasteiger partial charge in [-0.05, 0) is 73.0 Å². The highest BCUT2D eigenvalue weighted by Gasteiger charge is 2.26. The highest BCUT2D eigenvalue weighted by molar-refractivity contribution is 6.30. The van der Waals surface area contributed by atoms with Crippen LogP contribution in [0.3, 0.4) is 0 Å². The lowest BCUT2D eigenvalue weighted by Gasteiger charge is -2.21. The maximum Gasteiger partial charge on any atom is 0.349 e. The van der Waals surface area contributed by atoms with Gasteiger partial charge in [0.15, 0.2) is 0 Å². The molecule has 0 radical (unpaired) electrons. The van der Waals surface area contributed by atoms with Crippen molar-refractivity contribution < 1.29 is 19.0 Å². The number of hydrogen-bond donors (Lipinski definition) is 0. The molecule has 0 saturated heterocycles. The number of benzene rings is 4. The summed E-state index contributed by atoms with van der Waals surface area (Å²) in [4.78, 5) is 13.1. The number of carbonyl (C=O) groups excluding carboxylic acids is 1. The van der Waals surface area contributed by atoms with Crippen LogP contribution in [0.15, 0.2) is 103 Å². The van der Waals surface area contributed by atoms with Crippen LogP contribution in [-0.2, 0) is 22.7 Å². The van der Waals surface area contributed by atoms with Gasteiger partial charge in [0.2, 0.25) is 6.10 Å². The maximum atomic E-state index is 13.1. The van der Waals surface area contributed by atoms with Crippen LogP contribution in [0.4, 0.5) is 0 Å². The lowest BCUT2D eigenvalue weighted by Crippen LogP contribution is -2.34. The van der Waals surface area contributed by atoms with E-state index in [9.17, 15) is 4.79 Å². The number of nitrogens with zero attached hydrogens (tertiary/aromatic N) is 1. The molecular formula is C33H30ClNO4.